The van der Waals surface area contributed by atoms with Crippen LogP contribution in [0, 0.1) is 11.8 Å². The van der Waals surface area contributed by atoms with Crippen molar-refractivity contribution in [3.63, 3.8) is 0 Å². The Morgan fingerprint density at radius 2 is 2.03 bits per heavy atom. The van der Waals surface area contributed by atoms with E-state index in [9.17, 15) is 9.59 Å². The molecule has 0 aromatic heterocycles. The molecule has 4 atom stereocenters. The van der Waals surface area contributed by atoms with Crippen molar-refractivity contribution in [2.45, 2.75) is 57.3 Å². The molecule has 2 heterocycles. The van der Waals surface area contributed by atoms with Gasteiger partial charge in [-0.1, -0.05) is 17.7 Å². The first kappa shape index (κ1) is 20.5. The van der Waals surface area contributed by atoms with Gasteiger partial charge < -0.3 is 18.9 Å². The minimum atomic E-state index is -1.20. The van der Waals surface area contributed by atoms with Crippen LogP contribution in [0.5, 0.6) is 11.5 Å². The fourth-order valence-electron chi connectivity index (χ4n) is 5.99. The van der Waals surface area contributed by atoms with Gasteiger partial charge >= 0.3 is 0 Å². The number of Topliss-reactive ketones (excluding diaryl/α,β-unsaturated/α-hetero) is 2. The van der Waals surface area contributed by atoms with Crippen molar-refractivity contribution in [3.8, 4) is 11.5 Å². The summed E-state index contributed by atoms with van der Waals surface area (Å²) in [7, 11) is 1.54. The first-order valence-corrected chi connectivity index (χ1v) is 10.8. The number of ketones is 2. The van der Waals surface area contributed by atoms with E-state index < -0.39 is 16.8 Å². The van der Waals surface area contributed by atoms with Gasteiger partial charge in [0.2, 0.25) is 0 Å². The van der Waals surface area contributed by atoms with E-state index >= 15 is 0 Å². The first-order valence-electron chi connectivity index (χ1n) is 10.8. The van der Waals surface area contributed by atoms with Crippen LogP contribution in [0.4, 0.5) is 0 Å². The molecule has 6 nitrogen and oxygen atoms in total. The minimum Gasteiger partial charge on any atom is -0.478 e. The van der Waals surface area contributed by atoms with Crippen LogP contribution in [0.25, 0.3) is 0 Å². The quantitative estimate of drug-likeness (QED) is 0.525. The zero-order valence-corrected chi connectivity index (χ0v) is 18.6. The van der Waals surface area contributed by atoms with Gasteiger partial charge in [0.1, 0.15) is 11.5 Å². The van der Waals surface area contributed by atoms with Gasteiger partial charge in [0, 0.05) is 30.9 Å². The Kier molecular flexibility index (Phi) is 4.31. The highest BCUT2D eigenvalue weighted by atomic mass is 16.7. The van der Waals surface area contributed by atoms with Crippen molar-refractivity contribution < 1.29 is 28.5 Å². The summed E-state index contributed by atoms with van der Waals surface area (Å²) in [4.78, 5) is 27.4. The van der Waals surface area contributed by atoms with Gasteiger partial charge in [0.05, 0.1) is 11.2 Å². The summed E-state index contributed by atoms with van der Waals surface area (Å²) in [6.45, 7) is 8.10. The van der Waals surface area contributed by atoms with Crippen LogP contribution < -0.4 is 9.47 Å². The van der Waals surface area contributed by atoms with Crippen molar-refractivity contribution >= 4 is 11.6 Å². The van der Waals surface area contributed by atoms with E-state index in [0.29, 0.717) is 35.5 Å². The van der Waals surface area contributed by atoms with Gasteiger partial charge in [-0.2, -0.15) is 0 Å². The van der Waals surface area contributed by atoms with Crippen molar-refractivity contribution in [2.24, 2.45) is 11.8 Å². The molecular weight excluding hydrogens is 396 g/mol. The minimum absolute atomic E-state index is 0.0203. The van der Waals surface area contributed by atoms with Gasteiger partial charge in [-0.15, -0.1) is 0 Å². The van der Waals surface area contributed by atoms with Crippen LogP contribution in [0.1, 0.15) is 50.9 Å². The number of hydrogen-bond donors (Lipinski definition) is 0. The molecule has 3 aliphatic carbocycles. The van der Waals surface area contributed by atoms with E-state index in [2.05, 4.69) is 0 Å². The maximum Gasteiger partial charge on any atom is 0.196 e. The summed E-state index contributed by atoms with van der Waals surface area (Å²) in [5.41, 5.74) is -0.828. The average molecular weight is 424 g/mol. The molecule has 6 rings (SSSR count). The van der Waals surface area contributed by atoms with Gasteiger partial charge in [0.25, 0.3) is 0 Å². The van der Waals surface area contributed by atoms with Crippen LogP contribution in [-0.4, -0.2) is 42.3 Å². The summed E-state index contributed by atoms with van der Waals surface area (Å²) < 4.78 is 23.8. The number of allylic oxidation sites excluding steroid dienone is 2. The molecule has 164 valence electrons. The molecule has 1 aromatic rings. The van der Waals surface area contributed by atoms with Crippen molar-refractivity contribution in [3.05, 3.63) is 47.1 Å². The molecule has 0 N–H and O–H groups in total. The second-order valence-corrected chi connectivity index (χ2v) is 9.73. The lowest BCUT2D eigenvalue weighted by Crippen LogP contribution is -2.72. The molecule has 4 unspecified atom stereocenters. The molecule has 2 fully saturated rings. The Bertz CT molecular complexity index is 1050. The zero-order chi connectivity index (χ0) is 22.2. The maximum absolute atomic E-state index is 13.8. The standard InChI is InChI=1S/C25H28O6/c1-14(2)8-9-24-22(27)15-10-18-21(26)17-12-16(29-13-28-5)6-7-19(17)30-25(18,24)20(11-15)23(3,4)31-24/h6-8,10,12,15,20H,9,11,13H2,1-5H3. The monoisotopic (exact) mass is 424 g/mol. The predicted octanol–water partition coefficient (Wildman–Crippen LogP) is 4.03. The van der Waals surface area contributed by atoms with E-state index in [1.54, 1.807) is 25.3 Å². The zero-order valence-electron chi connectivity index (χ0n) is 18.6. The van der Waals surface area contributed by atoms with Crippen molar-refractivity contribution in [2.75, 3.05) is 13.9 Å². The molecule has 31 heavy (non-hydrogen) atoms. The summed E-state index contributed by atoms with van der Waals surface area (Å²) in [6.07, 6.45) is 4.87. The van der Waals surface area contributed by atoms with Crippen LogP contribution in [0.3, 0.4) is 0 Å². The van der Waals surface area contributed by atoms with Crippen LogP contribution in [0.15, 0.2) is 41.5 Å². The molecule has 2 aliphatic heterocycles. The van der Waals surface area contributed by atoms with Crippen LogP contribution in [-0.2, 0) is 14.3 Å². The fourth-order valence-corrected chi connectivity index (χ4v) is 5.99. The molecule has 1 saturated carbocycles. The summed E-state index contributed by atoms with van der Waals surface area (Å²) in [5.74, 6) is 0.463. The predicted molar refractivity (Wildman–Crippen MR) is 113 cm³/mol. The van der Waals surface area contributed by atoms with Crippen LogP contribution in [0.2, 0.25) is 0 Å². The molecule has 5 aliphatic rings. The van der Waals surface area contributed by atoms with E-state index in [1.165, 1.54) is 0 Å². The molecular formula is C25H28O6. The SMILES string of the molecule is COCOc1ccc2c(c1)C(=O)C1=CC3CC4C(C)(C)OC(CC=C(C)C)(C3=O)C14O2. The Labute approximate surface area is 182 Å². The smallest absolute Gasteiger partial charge is 0.196 e. The van der Waals surface area contributed by atoms with Crippen LogP contribution >= 0.6 is 0 Å². The molecule has 1 saturated heterocycles. The highest BCUT2D eigenvalue weighted by molar-refractivity contribution is 6.16. The number of fused-ring (bicyclic) bond motifs is 1. The third kappa shape index (κ3) is 2.52. The normalized spacial score (nSPS) is 33.9. The largest absolute Gasteiger partial charge is 0.478 e. The second kappa shape index (κ2) is 6.53. The molecule has 0 amide bonds. The lowest BCUT2D eigenvalue weighted by atomic mass is 9.51. The average Bonchev–Trinajstić information content (AvgIpc) is 2.88. The Morgan fingerprint density at radius 3 is 2.74 bits per heavy atom. The summed E-state index contributed by atoms with van der Waals surface area (Å²) >= 11 is 0. The lowest BCUT2D eigenvalue weighted by molar-refractivity contribution is -0.171. The topological polar surface area (TPSA) is 71.1 Å². The Morgan fingerprint density at radius 1 is 1.26 bits per heavy atom. The van der Waals surface area contributed by atoms with Gasteiger partial charge in [-0.05, 0) is 52.3 Å². The van der Waals surface area contributed by atoms with E-state index in [0.717, 1.165) is 5.57 Å². The third-order valence-electron chi connectivity index (χ3n) is 7.21. The number of hydrogen-bond acceptors (Lipinski definition) is 6. The third-order valence-corrected chi connectivity index (χ3v) is 7.21. The number of benzene rings is 1. The van der Waals surface area contributed by atoms with E-state index in [-0.39, 0.29) is 30.2 Å². The molecule has 1 aromatic carbocycles. The molecule has 4 bridgehead atoms. The second-order valence-electron chi connectivity index (χ2n) is 9.73. The molecule has 1 spiro atoms. The van der Waals surface area contributed by atoms with Crippen molar-refractivity contribution in [1.29, 1.82) is 0 Å². The maximum atomic E-state index is 13.8. The number of ether oxygens (including phenoxy) is 4. The Balaban J connectivity index is 1.70. The fraction of sp³-hybridized carbons (Fsp3) is 0.520. The number of methoxy groups -OCH3 is 1. The van der Waals surface area contributed by atoms with Crippen molar-refractivity contribution in [1.82, 2.24) is 0 Å². The number of carbonyl (C=O) groups is 2. The lowest BCUT2D eigenvalue weighted by Gasteiger charge is -2.56. The van der Waals surface area contributed by atoms with Gasteiger partial charge in [-0.25, -0.2) is 0 Å². The Hall–Kier alpha value is -2.44. The highest BCUT2D eigenvalue weighted by Gasteiger charge is 2.80. The number of rotatable bonds is 5. The number of carbonyl (C=O) groups excluding carboxylic acids is 2. The highest BCUT2D eigenvalue weighted by Crippen LogP contribution is 2.67. The van der Waals surface area contributed by atoms with E-state index in [1.807, 2.05) is 39.8 Å². The summed E-state index contributed by atoms with van der Waals surface area (Å²) in [5, 5.41) is 0. The molecule has 6 heteroatoms. The first-order chi connectivity index (χ1) is 14.7. The van der Waals surface area contributed by atoms with E-state index in [4.69, 9.17) is 18.9 Å². The van der Waals surface area contributed by atoms with Gasteiger partial charge in [0.15, 0.2) is 29.6 Å². The molecule has 0 radical (unpaired) electrons. The van der Waals surface area contributed by atoms with Gasteiger partial charge in [-0.3, -0.25) is 9.59 Å². The summed E-state index contributed by atoms with van der Waals surface area (Å²) in [6, 6.07) is 5.19.